The minimum Gasteiger partial charge on any atom is -0.478 e. The van der Waals surface area contributed by atoms with Gasteiger partial charge in [0.15, 0.2) is 0 Å². The summed E-state index contributed by atoms with van der Waals surface area (Å²) in [6, 6.07) is 2.74. The average Bonchev–Trinajstić information content (AvgIpc) is 3.06. The molecule has 5 nitrogen and oxygen atoms in total. The minimum absolute atomic E-state index is 0.0295. The zero-order chi connectivity index (χ0) is 23.2. The Labute approximate surface area is 192 Å². The van der Waals surface area contributed by atoms with Crippen LogP contribution in [0.15, 0.2) is 12.1 Å². The maximum absolute atomic E-state index is 12.0. The summed E-state index contributed by atoms with van der Waals surface area (Å²) in [6.07, 6.45) is 21.2. The van der Waals surface area contributed by atoms with Crippen molar-refractivity contribution < 1.29 is 24.2 Å². The normalized spacial score (nSPS) is 12.8. The lowest BCUT2D eigenvalue weighted by Crippen LogP contribution is -2.05. The summed E-state index contributed by atoms with van der Waals surface area (Å²) in [5, 5.41) is 9.27. The van der Waals surface area contributed by atoms with Gasteiger partial charge in [0.2, 0.25) is 0 Å². The maximum atomic E-state index is 12.0. The molecule has 1 aromatic rings. The molecule has 1 aliphatic heterocycles. The Morgan fingerprint density at radius 3 is 1.66 bits per heavy atom. The summed E-state index contributed by atoms with van der Waals surface area (Å²) in [5.74, 6) is -2.51. The molecule has 1 N–H and O–H groups in total. The van der Waals surface area contributed by atoms with Crippen molar-refractivity contribution in [2.75, 3.05) is 0 Å². The van der Waals surface area contributed by atoms with Crippen molar-refractivity contribution in [3.05, 3.63) is 34.4 Å². The molecule has 0 bridgehead atoms. The Morgan fingerprint density at radius 1 is 0.719 bits per heavy atom. The highest BCUT2D eigenvalue weighted by Gasteiger charge is 2.33. The van der Waals surface area contributed by atoms with Gasteiger partial charge in [0.25, 0.3) is 0 Å². The average molecular weight is 445 g/mol. The molecule has 32 heavy (non-hydrogen) atoms. The number of carboxylic acids is 1. The summed E-state index contributed by atoms with van der Waals surface area (Å²) < 4.78 is 4.67. The van der Waals surface area contributed by atoms with Gasteiger partial charge in [-0.3, -0.25) is 0 Å². The molecular formula is C27H40O5. The Hall–Kier alpha value is -2.17. The zero-order valence-electron chi connectivity index (χ0n) is 19.8. The molecule has 0 fully saturated rings. The van der Waals surface area contributed by atoms with E-state index >= 15 is 0 Å². The van der Waals surface area contributed by atoms with E-state index in [0.29, 0.717) is 12.0 Å². The van der Waals surface area contributed by atoms with Crippen LogP contribution in [0.2, 0.25) is 0 Å². The molecule has 0 atom stereocenters. The lowest BCUT2D eigenvalue weighted by molar-refractivity contribution is 0.0443. The third kappa shape index (κ3) is 8.76. The van der Waals surface area contributed by atoms with Crippen LogP contribution in [0.25, 0.3) is 0 Å². The number of carboxylic acid groups (broad SMARTS) is 1. The number of aryl methyl sites for hydroxylation is 1. The number of hydrogen-bond donors (Lipinski definition) is 1. The van der Waals surface area contributed by atoms with Gasteiger partial charge in [-0.15, -0.1) is 0 Å². The van der Waals surface area contributed by atoms with Crippen molar-refractivity contribution in [2.45, 2.75) is 116 Å². The number of esters is 2. The number of carbonyl (C=O) groups is 3. The standard InChI is InChI=1S/C27H40O5/c1-2-3-4-5-6-7-8-9-10-11-12-13-14-15-16-17-18-21-19-22(25(28)29)20-23-24(21)27(31)32-26(23)30/h19-20H,2-18H2,1H3,(H,28,29). The quantitative estimate of drug-likeness (QED) is 0.144. The van der Waals surface area contributed by atoms with Crippen LogP contribution in [0, 0.1) is 0 Å². The van der Waals surface area contributed by atoms with Gasteiger partial charge in [0.1, 0.15) is 0 Å². The highest BCUT2D eigenvalue weighted by molar-refractivity contribution is 6.16. The van der Waals surface area contributed by atoms with E-state index in [9.17, 15) is 19.5 Å². The lowest BCUT2D eigenvalue weighted by Gasteiger charge is -2.07. The smallest absolute Gasteiger partial charge is 0.347 e. The minimum atomic E-state index is -1.10. The van der Waals surface area contributed by atoms with Gasteiger partial charge in [-0.25, -0.2) is 14.4 Å². The SMILES string of the molecule is CCCCCCCCCCCCCCCCCCc1cc(C(=O)O)cc2c1C(=O)OC2=O. The predicted molar refractivity (Wildman–Crippen MR) is 126 cm³/mol. The van der Waals surface area contributed by atoms with Gasteiger partial charge in [-0.1, -0.05) is 103 Å². The molecule has 2 rings (SSSR count). The third-order valence-electron chi connectivity index (χ3n) is 6.38. The molecule has 0 saturated heterocycles. The van der Waals surface area contributed by atoms with Crippen molar-refractivity contribution >= 4 is 17.9 Å². The number of rotatable bonds is 18. The maximum Gasteiger partial charge on any atom is 0.347 e. The van der Waals surface area contributed by atoms with Crippen LogP contribution in [0.1, 0.15) is 146 Å². The van der Waals surface area contributed by atoms with E-state index in [1.54, 1.807) is 0 Å². The molecule has 178 valence electrons. The first-order valence-electron chi connectivity index (χ1n) is 12.7. The predicted octanol–water partition coefficient (Wildman–Crippen LogP) is 7.50. The van der Waals surface area contributed by atoms with Crippen molar-refractivity contribution in [2.24, 2.45) is 0 Å². The van der Waals surface area contributed by atoms with Gasteiger partial charge >= 0.3 is 17.9 Å². The number of carbonyl (C=O) groups excluding carboxylic acids is 2. The molecule has 0 amide bonds. The number of fused-ring (bicyclic) bond motifs is 1. The van der Waals surface area contributed by atoms with Crippen molar-refractivity contribution in [1.29, 1.82) is 0 Å². The second-order valence-corrected chi connectivity index (χ2v) is 9.09. The van der Waals surface area contributed by atoms with E-state index in [4.69, 9.17) is 0 Å². The number of cyclic esters (lactones) is 2. The summed E-state index contributed by atoms with van der Waals surface area (Å²) in [5.41, 5.74) is 0.977. The molecule has 1 heterocycles. The Morgan fingerprint density at radius 2 is 1.19 bits per heavy atom. The monoisotopic (exact) mass is 444 g/mol. The van der Waals surface area contributed by atoms with E-state index in [0.717, 1.165) is 19.3 Å². The number of ether oxygens (including phenoxy) is 1. The van der Waals surface area contributed by atoms with Crippen LogP contribution >= 0.6 is 0 Å². The molecular weight excluding hydrogens is 404 g/mol. The van der Waals surface area contributed by atoms with E-state index < -0.39 is 17.9 Å². The van der Waals surface area contributed by atoms with E-state index in [2.05, 4.69) is 11.7 Å². The van der Waals surface area contributed by atoms with Gasteiger partial charge in [0, 0.05) is 0 Å². The fourth-order valence-electron chi connectivity index (χ4n) is 4.48. The second-order valence-electron chi connectivity index (χ2n) is 9.09. The fourth-order valence-corrected chi connectivity index (χ4v) is 4.48. The molecule has 1 aromatic carbocycles. The van der Waals surface area contributed by atoms with Crippen LogP contribution in [-0.4, -0.2) is 23.0 Å². The van der Waals surface area contributed by atoms with Crippen LogP contribution in [0.4, 0.5) is 0 Å². The summed E-state index contributed by atoms with van der Waals surface area (Å²) in [7, 11) is 0. The number of aromatic carboxylic acids is 1. The third-order valence-corrected chi connectivity index (χ3v) is 6.38. The first-order chi connectivity index (χ1) is 15.5. The van der Waals surface area contributed by atoms with Gasteiger partial charge < -0.3 is 9.84 Å². The molecule has 0 radical (unpaired) electrons. The zero-order valence-corrected chi connectivity index (χ0v) is 19.8. The highest BCUT2D eigenvalue weighted by Crippen LogP contribution is 2.27. The van der Waals surface area contributed by atoms with Crippen LogP contribution in [-0.2, 0) is 11.2 Å². The molecule has 1 aliphatic rings. The topological polar surface area (TPSA) is 80.7 Å². The molecule has 0 aromatic heterocycles. The van der Waals surface area contributed by atoms with Gasteiger partial charge in [-0.05, 0) is 30.5 Å². The molecule has 0 unspecified atom stereocenters. The molecule has 0 aliphatic carbocycles. The molecule has 0 saturated carbocycles. The fraction of sp³-hybridized carbons (Fsp3) is 0.667. The van der Waals surface area contributed by atoms with Crippen LogP contribution in [0.5, 0.6) is 0 Å². The Bertz CT molecular complexity index is 753. The number of unbranched alkanes of at least 4 members (excludes halogenated alkanes) is 15. The second kappa shape index (κ2) is 14.8. The van der Waals surface area contributed by atoms with Crippen LogP contribution < -0.4 is 0 Å². The summed E-state index contributed by atoms with van der Waals surface area (Å²) in [4.78, 5) is 35.1. The van der Waals surface area contributed by atoms with Crippen molar-refractivity contribution in [3.63, 3.8) is 0 Å². The largest absolute Gasteiger partial charge is 0.478 e. The number of benzene rings is 1. The summed E-state index contributed by atoms with van der Waals surface area (Å²) >= 11 is 0. The number of hydrogen-bond acceptors (Lipinski definition) is 4. The van der Waals surface area contributed by atoms with Gasteiger partial charge in [-0.2, -0.15) is 0 Å². The van der Waals surface area contributed by atoms with Crippen molar-refractivity contribution in [3.8, 4) is 0 Å². The Kier molecular flexibility index (Phi) is 12.1. The highest BCUT2D eigenvalue weighted by atomic mass is 16.6. The first kappa shape index (κ1) is 26.1. The summed E-state index contributed by atoms with van der Waals surface area (Å²) in [6.45, 7) is 2.26. The Balaban J connectivity index is 1.53. The first-order valence-corrected chi connectivity index (χ1v) is 12.7. The lowest BCUT2D eigenvalue weighted by atomic mass is 9.94. The molecule has 0 spiro atoms. The van der Waals surface area contributed by atoms with Crippen molar-refractivity contribution in [1.82, 2.24) is 0 Å². The van der Waals surface area contributed by atoms with E-state index in [1.807, 2.05) is 0 Å². The van der Waals surface area contributed by atoms with E-state index in [-0.39, 0.29) is 16.7 Å². The van der Waals surface area contributed by atoms with Crippen LogP contribution in [0.3, 0.4) is 0 Å². The van der Waals surface area contributed by atoms with Gasteiger partial charge in [0.05, 0.1) is 16.7 Å². The van der Waals surface area contributed by atoms with E-state index in [1.165, 1.54) is 95.6 Å². The molecule has 5 heteroatoms.